The standard InChI is InChI=1S/C34H41NO6.C17H22O5.C16H22O4.C14H18O4.C12H12O5/c1-22(36)24-10-14-26(15-11-24)32(38)40-29-18-19-31(41-33(39)27-16-12-25(13-17-27)23(2)37)30(20-29)35-21-34(3,4)28-8-6-5-7-9-28;1-3-16(18)21-12-6-4-5-7-13-22-17(19)14-8-10-15(20-2)11-9-14;1-3-16(17)20-13-7-5-4-6-12-19-15-10-8-14(18-2)9-11-15;1-3-14(15)18-11-5-4-10-17-13-8-6-12(16-2)7-9-13;1-3-11(13)16-8-17-12(14)9-4-6-10(15-2)7-5-9/h5-9,18-21,24-27H,10-17H2,1-4H3;3,8-11H,1,4-7,12-13H2,2H3;3,8-11H,1,4-7,12-13H2,2H3;3,6-9H,1,4-5,10-11H2,2H3;3-7H,1,8H2,2H3. The first-order valence-electron chi connectivity index (χ1n) is 39.4. The lowest BCUT2D eigenvalue weighted by molar-refractivity contribution is -0.146. The van der Waals surface area contributed by atoms with Crippen molar-refractivity contribution in [2.24, 2.45) is 28.7 Å². The first-order chi connectivity index (χ1) is 56.9. The van der Waals surface area contributed by atoms with Crippen molar-refractivity contribution in [1.82, 2.24) is 0 Å². The van der Waals surface area contributed by atoms with Crippen LogP contribution in [0, 0.1) is 23.7 Å². The fraction of sp³-hybridized carbons (Fsp3) is 0.409. The van der Waals surface area contributed by atoms with E-state index in [2.05, 4.69) is 31.1 Å². The van der Waals surface area contributed by atoms with Crippen LogP contribution in [-0.2, 0) is 72.2 Å². The number of hydrogen-bond acceptors (Lipinski definition) is 25. The Kier molecular flexibility index (Phi) is 47.4. The second-order valence-corrected chi connectivity index (χ2v) is 27.6. The van der Waals surface area contributed by atoms with Crippen LogP contribution in [-0.4, -0.2) is 140 Å². The van der Waals surface area contributed by atoms with Crippen molar-refractivity contribution in [2.45, 2.75) is 149 Å². The van der Waals surface area contributed by atoms with Crippen LogP contribution >= 0.6 is 0 Å². The molecule has 0 N–H and O–H groups in total. The number of rotatable bonds is 42. The van der Waals surface area contributed by atoms with Gasteiger partial charge in [-0.3, -0.25) is 24.2 Å². The van der Waals surface area contributed by atoms with Crippen molar-refractivity contribution in [3.63, 3.8) is 0 Å². The Morgan fingerprint density at radius 2 is 0.686 bits per heavy atom. The Labute approximate surface area is 693 Å². The molecule has 2 saturated carbocycles. The Morgan fingerprint density at radius 1 is 0.364 bits per heavy atom. The zero-order valence-electron chi connectivity index (χ0n) is 69.3. The van der Waals surface area contributed by atoms with Gasteiger partial charge in [-0.2, -0.15) is 0 Å². The van der Waals surface area contributed by atoms with Gasteiger partial charge in [0.15, 0.2) is 5.75 Å². The molecule has 0 heterocycles. The Hall–Kier alpha value is -12.2. The Balaban J connectivity index is 0.000000327. The maximum Gasteiger partial charge on any atom is 0.341 e. The van der Waals surface area contributed by atoms with Crippen molar-refractivity contribution in [1.29, 1.82) is 0 Å². The van der Waals surface area contributed by atoms with E-state index < -0.39 is 30.1 Å². The number of hydrogen-bond donors (Lipinski definition) is 0. The minimum absolute atomic E-state index is 0.0194. The summed E-state index contributed by atoms with van der Waals surface area (Å²) < 4.78 is 71.8. The van der Waals surface area contributed by atoms with Gasteiger partial charge < -0.3 is 66.3 Å². The second-order valence-electron chi connectivity index (χ2n) is 27.6. The van der Waals surface area contributed by atoms with Gasteiger partial charge in [-0.1, -0.05) is 70.5 Å². The molecule has 118 heavy (non-hydrogen) atoms. The molecule has 636 valence electrons. The summed E-state index contributed by atoms with van der Waals surface area (Å²) in [5.74, 6) is 1.78. The van der Waals surface area contributed by atoms with Gasteiger partial charge in [0, 0.05) is 53.8 Å². The van der Waals surface area contributed by atoms with E-state index in [9.17, 15) is 47.9 Å². The molecule has 2 fully saturated rings. The highest BCUT2D eigenvalue weighted by Crippen LogP contribution is 2.38. The van der Waals surface area contributed by atoms with Crippen molar-refractivity contribution in [3.05, 3.63) is 213 Å². The van der Waals surface area contributed by atoms with E-state index in [4.69, 9.17) is 66.6 Å². The molecule has 25 heteroatoms. The van der Waals surface area contributed by atoms with E-state index >= 15 is 0 Å². The van der Waals surface area contributed by atoms with E-state index in [0.717, 1.165) is 111 Å². The van der Waals surface area contributed by atoms with Gasteiger partial charge in [0.2, 0.25) is 6.79 Å². The number of ether oxygens (including phenoxy) is 14. The van der Waals surface area contributed by atoms with Gasteiger partial charge in [0.05, 0.1) is 91.0 Å². The number of methoxy groups -OCH3 is 4. The Morgan fingerprint density at radius 3 is 1.08 bits per heavy atom. The predicted molar refractivity (Wildman–Crippen MR) is 447 cm³/mol. The maximum atomic E-state index is 13.1. The number of aliphatic imine (C=N–C) groups is 1. The summed E-state index contributed by atoms with van der Waals surface area (Å²) in [7, 11) is 6.37. The first kappa shape index (κ1) is 98.2. The van der Waals surface area contributed by atoms with Crippen LogP contribution in [0.5, 0.6) is 46.0 Å². The lowest BCUT2D eigenvalue weighted by Gasteiger charge is -2.26. The third-order valence-electron chi connectivity index (χ3n) is 18.6. The molecule has 2 aliphatic carbocycles. The van der Waals surface area contributed by atoms with Crippen LogP contribution in [0.2, 0.25) is 0 Å². The smallest absolute Gasteiger partial charge is 0.341 e. The fourth-order valence-electron chi connectivity index (χ4n) is 11.5. The number of nitrogens with zero attached hydrogens (tertiary/aromatic N) is 1. The van der Waals surface area contributed by atoms with Gasteiger partial charge in [-0.25, -0.2) is 28.8 Å². The lowest BCUT2D eigenvalue weighted by atomic mass is 9.80. The van der Waals surface area contributed by atoms with Crippen LogP contribution in [0.15, 0.2) is 201 Å². The second kappa shape index (κ2) is 57.0. The number of carbonyl (C=O) groups excluding carboxylic acids is 10. The van der Waals surface area contributed by atoms with Crippen LogP contribution in [0.25, 0.3) is 0 Å². The van der Waals surface area contributed by atoms with Crippen LogP contribution in [0.4, 0.5) is 5.69 Å². The lowest BCUT2D eigenvalue weighted by Crippen LogP contribution is -2.28. The molecule has 25 nitrogen and oxygen atoms in total. The number of benzene rings is 6. The van der Waals surface area contributed by atoms with Crippen molar-refractivity contribution in [2.75, 3.05) is 74.9 Å². The van der Waals surface area contributed by atoms with E-state index in [0.29, 0.717) is 131 Å². The zero-order chi connectivity index (χ0) is 86.3. The third kappa shape index (κ3) is 39.9. The highest BCUT2D eigenvalue weighted by atomic mass is 16.7. The molecule has 6 aromatic carbocycles. The normalized spacial score (nSPS) is 14.3. The van der Waals surface area contributed by atoms with E-state index in [1.165, 1.54) is 13.2 Å². The average molecular weight is 1630 g/mol. The zero-order valence-corrected chi connectivity index (χ0v) is 69.3. The minimum atomic E-state index is -0.646. The van der Waals surface area contributed by atoms with Crippen LogP contribution < -0.4 is 37.9 Å². The average Bonchev–Trinajstić information content (AvgIpc) is 0.863. The predicted octanol–water partition coefficient (Wildman–Crippen LogP) is 17.6. The first-order valence-corrected chi connectivity index (χ1v) is 39.4. The topological polar surface area (TPSA) is 312 Å². The quantitative estimate of drug-likeness (QED) is 0.00653. The van der Waals surface area contributed by atoms with Crippen molar-refractivity contribution >= 4 is 71.2 Å². The highest BCUT2D eigenvalue weighted by Gasteiger charge is 2.32. The number of ketones is 2. The molecule has 0 atom stereocenters. The summed E-state index contributed by atoms with van der Waals surface area (Å²) in [6.45, 7) is 23.0. The van der Waals surface area contributed by atoms with E-state index in [1.54, 1.807) is 102 Å². The molecule has 0 radical (unpaired) electrons. The van der Waals surface area contributed by atoms with E-state index in [1.807, 2.05) is 98.9 Å². The monoisotopic (exact) mass is 1630 g/mol. The SMILES string of the molecule is C=CC(=O)OCCCCCCOC(=O)c1ccc(OC)cc1.C=CC(=O)OCCCCCCOc1ccc(OC)cc1.C=CC(=O)OCCCCOc1ccc(OC)cc1.C=CC(=O)OCOC(=O)c1ccc(OC)cc1.CC(=O)C1CCC(C(=O)Oc2ccc(OC(=O)C3CCC(C(C)=O)CC3)c(N=CC(C)(C)c3ccccc3)c2)CC1. The number of esters is 8. The number of unbranched alkanes of at least 4 members (excludes halogenated alkanes) is 7. The van der Waals surface area contributed by atoms with Gasteiger partial charge in [-0.05, 0) is 244 Å². The summed E-state index contributed by atoms with van der Waals surface area (Å²) in [6, 6.07) is 43.0. The summed E-state index contributed by atoms with van der Waals surface area (Å²) in [4.78, 5) is 120. The molecule has 0 bridgehead atoms. The molecule has 8 rings (SSSR count). The van der Waals surface area contributed by atoms with Crippen LogP contribution in [0.3, 0.4) is 0 Å². The molecule has 0 aromatic heterocycles. The van der Waals surface area contributed by atoms with Crippen molar-refractivity contribution < 1.29 is 114 Å². The highest BCUT2D eigenvalue weighted by molar-refractivity contribution is 5.90. The fourth-order valence-corrected chi connectivity index (χ4v) is 11.5. The van der Waals surface area contributed by atoms with Crippen molar-refractivity contribution in [3.8, 4) is 46.0 Å². The third-order valence-corrected chi connectivity index (χ3v) is 18.6. The molecule has 0 spiro atoms. The molecule has 0 amide bonds. The maximum absolute atomic E-state index is 13.1. The Bertz CT molecular complexity index is 4100. The van der Waals surface area contributed by atoms with Gasteiger partial charge >= 0.3 is 47.8 Å². The molecular formula is C93H115NO24. The van der Waals surface area contributed by atoms with Gasteiger partial charge in [-0.15, -0.1) is 0 Å². The van der Waals surface area contributed by atoms with Gasteiger partial charge in [0.25, 0.3) is 0 Å². The summed E-state index contributed by atoms with van der Waals surface area (Å²) >= 11 is 0. The minimum Gasteiger partial charge on any atom is -0.497 e. The largest absolute Gasteiger partial charge is 0.497 e. The number of Topliss-reactive ketones (excluding diaryl/α,β-unsaturated/α-hetero) is 2. The molecule has 0 saturated heterocycles. The molecule has 6 aromatic rings. The van der Waals surface area contributed by atoms with Gasteiger partial charge in [0.1, 0.15) is 57.5 Å². The number of carbonyl (C=O) groups is 10. The molecular weight excluding hydrogens is 1520 g/mol. The van der Waals surface area contributed by atoms with E-state index in [-0.39, 0.29) is 65.1 Å². The summed E-state index contributed by atoms with van der Waals surface area (Å²) in [5.41, 5.74) is 1.92. The summed E-state index contributed by atoms with van der Waals surface area (Å²) in [5, 5.41) is 0. The summed E-state index contributed by atoms with van der Waals surface area (Å²) in [6.07, 6.45) is 20.5. The van der Waals surface area contributed by atoms with Crippen LogP contribution in [0.1, 0.15) is 170 Å². The molecule has 0 aliphatic heterocycles. The molecule has 2 aliphatic rings. The molecule has 0 unspecified atom stereocenters.